The molecule has 0 saturated heterocycles. The fraction of sp³-hybridized carbons (Fsp3) is 0.158. The van der Waals surface area contributed by atoms with Gasteiger partial charge < -0.3 is 15.4 Å². The average molecular weight is 355 g/mol. The van der Waals surface area contributed by atoms with Crippen LogP contribution in [0.5, 0.6) is 5.75 Å². The molecule has 0 fully saturated rings. The summed E-state index contributed by atoms with van der Waals surface area (Å²) >= 11 is 6.18. The summed E-state index contributed by atoms with van der Waals surface area (Å²) < 4.78 is 5.45. The molecule has 0 radical (unpaired) electrons. The Morgan fingerprint density at radius 3 is 2.48 bits per heavy atom. The molecule has 1 aromatic heterocycles. The third kappa shape index (κ3) is 4.61. The topological polar surface area (TPSA) is 59.1 Å². The first-order valence-corrected chi connectivity index (χ1v) is 8.39. The van der Waals surface area contributed by atoms with Gasteiger partial charge in [-0.05, 0) is 50.2 Å². The average Bonchev–Trinajstić information content (AvgIpc) is 2.58. The van der Waals surface area contributed by atoms with Gasteiger partial charge >= 0.3 is 0 Å². The molecule has 0 amide bonds. The summed E-state index contributed by atoms with van der Waals surface area (Å²) in [5, 5.41) is 7.05. The Kier molecular flexibility index (Phi) is 5.36. The lowest BCUT2D eigenvalue weighted by Gasteiger charge is -2.11. The molecular weight excluding hydrogens is 336 g/mol. The van der Waals surface area contributed by atoms with Gasteiger partial charge in [0.2, 0.25) is 5.95 Å². The molecule has 0 spiro atoms. The first-order chi connectivity index (χ1) is 12.1. The second-order valence-electron chi connectivity index (χ2n) is 5.41. The Morgan fingerprint density at radius 2 is 1.76 bits per heavy atom. The van der Waals surface area contributed by atoms with E-state index in [1.807, 2.05) is 68.4 Å². The van der Waals surface area contributed by atoms with E-state index in [4.69, 9.17) is 16.3 Å². The second kappa shape index (κ2) is 7.85. The third-order valence-corrected chi connectivity index (χ3v) is 3.74. The van der Waals surface area contributed by atoms with E-state index in [-0.39, 0.29) is 0 Å². The zero-order valence-electron chi connectivity index (χ0n) is 14.1. The molecular formula is C19H19ClN4O. The number of hydrogen-bond acceptors (Lipinski definition) is 5. The van der Waals surface area contributed by atoms with Gasteiger partial charge in [-0.1, -0.05) is 23.7 Å². The zero-order chi connectivity index (χ0) is 17.6. The van der Waals surface area contributed by atoms with Crippen LogP contribution in [-0.4, -0.2) is 16.6 Å². The number of hydrogen-bond donors (Lipinski definition) is 2. The van der Waals surface area contributed by atoms with Crippen molar-refractivity contribution in [2.24, 2.45) is 0 Å². The van der Waals surface area contributed by atoms with Crippen molar-refractivity contribution < 1.29 is 4.74 Å². The fourth-order valence-electron chi connectivity index (χ4n) is 2.32. The van der Waals surface area contributed by atoms with Gasteiger partial charge in [-0.25, -0.2) is 4.98 Å². The first kappa shape index (κ1) is 17.0. The van der Waals surface area contributed by atoms with Crippen LogP contribution in [0.3, 0.4) is 0 Å². The Balaban J connectivity index is 1.78. The predicted octanol–water partition coefficient (Wildman–Crippen LogP) is 5.32. The fourth-order valence-corrected chi connectivity index (χ4v) is 2.50. The van der Waals surface area contributed by atoms with Crippen LogP contribution in [0.15, 0.2) is 54.6 Å². The van der Waals surface area contributed by atoms with Gasteiger partial charge in [0.25, 0.3) is 0 Å². The number of rotatable bonds is 6. The van der Waals surface area contributed by atoms with Crippen molar-refractivity contribution in [3.8, 4) is 5.75 Å². The van der Waals surface area contributed by atoms with Crippen molar-refractivity contribution in [2.45, 2.75) is 13.8 Å². The van der Waals surface area contributed by atoms with Crippen molar-refractivity contribution in [3.63, 3.8) is 0 Å². The summed E-state index contributed by atoms with van der Waals surface area (Å²) in [5.74, 6) is 2.03. The maximum Gasteiger partial charge on any atom is 0.229 e. The molecule has 0 bridgehead atoms. The Morgan fingerprint density at radius 1 is 1.00 bits per heavy atom. The molecule has 5 nitrogen and oxygen atoms in total. The summed E-state index contributed by atoms with van der Waals surface area (Å²) in [6.07, 6.45) is 0. The lowest BCUT2D eigenvalue weighted by atomic mass is 10.3. The normalized spacial score (nSPS) is 10.4. The molecule has 128 valence electrons. The van der Waals surface area contributed by atoms with Crippen molar-refractivity contribution in [1.82, 2.24) is 9.97 Å². The van der Waals surface area contributed by atoms with E-state index in [2.05, 4.69) is 20.6 Å². The number of nitrogens with zero attached hydrogens (tertiary/aromatic N) is 2. The van der Waals surface area contributed by atoms with Crippen molar-refractivity contribution in [2.75, 3.05) is 17.2 Å². The molecule has 6 heteroatoms. The van der Waals surface area contributed by atoms with E-state index in [9.17, 15) is 0 Å². The monoisotopic (exact) mass is 354 g/mol. The maximum atomic E-state index is 6.18. The van der Waals surface area contributed by atoms with Crippen LogP contribution in [0.25, 0.3) is 0 Å². The van der Waals surface area contributed by atoms with Crippen LogP contribution in [0.2, 0.25) is 5.02 Å². The molecule has 0 saturated carbocycles. The smallest absolute Gasteiger partial charge is 0.229 e. The molecule has 25 heavy (non-hydrogen) atoms. The summed E-state index contributed by atoms with van der Waals surface area (Å²) in [6, 6.07) is 17.1. The molecule has 0 unspecified atom stereocenters. The lowest BCUT2D eigenvalue weighted by molar-refractivity contribution is 0.340. The molecule has 3 aromatic rings. The van der Waals surface area contributed by atoms with Gasteiger partial charge in [0.1, 0.15) is 11.6 Å². The SMILES string of the molecule is CCOc1ccc(Nc2cc(C)nc(Nc3ccccc3Cl)n2)cc1. The second-order valence-corrected chi connectivity index (χ2v) is 5.81. The molecule has 0 aliphatic carbocycles. The minimum atomic E-state index is 0.488. The minimum Gasteiger partial charge on any atom is -0.494 e. The van der Waals surface area contributed by atoms with E-state index in [1.165, 1.54) is 0 Å². The summed E-state index contributed by atoms with van der Waals surface area (Å²) in [5.41, 5.74) is 2.53. The first-order valence-electron chi connectivity index (χ1n) is 8.01. The quantitative estimate of drug-likeness (QED) is 0.627. The summed E-state index contributed by atoms with van der Waals surface area (Å²) in [4.78, 5) is 8.91. The minimum absolute atomic E-state index is 0.488. The van der Waals surface area contributed by atoms with Gasteiger partial charge in [-0.15, -0.1) is 0 Å². The van der Waals surface area contributed by atoms with Crippen LogP contribution in [0.1, 0.15) is 12.6 Å². The third-order valence-electron chi connectivity index (χ3n) is 3.41. The number of aryl methyl sites for hydroxylation is 1. The van der Waals surface area contributed by atoms with Crippen LogP contribution < -0.4 is 15.4 Å². The van der Waals surface area contributed by atoms with E-state index in [0.29, 0.717) is 23.4 Å². The van der Waals surface area contributed by atoms with Gasteiger partial charge in [-0.3, -0.25) is 0 Å². The Hall–Kier alpha value is -2.79. The predicted molar refractivity (Wildman–Crippen MR) is 102 cm³/mol. The zero-order valence-corrected chi connectivity index (χ0v) is 14.8. The largest absolute Gasteiger partial charge is 0.494 e. The highest BCUT2D eigenvalue weighted by atomic mass is 35.5. The standard InChI is InChI=1S/C19H19ClN4O/c1-3-25-15-10-8-14(9-11-15)22-18-12-13(2)21-19(24-18)23-17-7-5-4-6-16(17)20/h4-12H,3H2,1-2H3,(H2,21,22,23,24). The maximum absolute atomic E-state index is 6.18. The van der Waals surface area contributed by atoms with E-state index >= 15 is 0 Å². The Labute approximate surface area is 152 Å². The van der Waals surface area contributed by atoms with Crippen molar-refractivity contribution >= 4 is 34.7 Å². The van der Waals surface area contributed by atoms with Gasteiger partial charge in [0, 0.05) is 17.4 Å². The number of anilines is 4. The molecule has 0 aliphatic heterocycles. The summed E-state index contributed by atoms with van der Waals surface area (Å²) in [6.45, 7) is 4.53. The van der Waals surface area contributed by atoms with Crippen LogP contribution >= 0.6 is 11.6 Å². The van der Waals surface area contributed by atoms with Crippen molar-refractivity contribution in [1.29, 1.82) is 0 Å². The van der Waals surface area contributed by atoms with Crippen LogP contribution in [0, 0.1) is 6.92 Å². The molecule has 0 aliphatic rings. The lowest BCUT2D eigenvalue weighted by Crippen LogP contribution is -2.02. The summed E-state index contributed by atoms with van der Waals surface area (Å²) in [7, 11) is 0. The Bertz CT molecular complexity index is 852. The van der Waals surface area contributed by atoms with Crippen LogP contribution in [0.4, 0.5) is 23.1 Å². The van der Waals surface area contributed by atoms with Gasteiger partial charge in [-0.2, -0.15) is 4.98 Å². The van der Waals surface area contributed by atoms with Crippen molar-refractivity contribution in [3.05, 3.63) is 65.3 Å². The highest BCUT2D eigenvalue weighted by molar-refractivity contribution is 6.33. The number of halogens is 1. The molecule has 1 heterocycles. The van der Waals surface area contributed by atoms with E-state index < -0.39 is 0 Å². The van der Waals surface area contributed by atoms with E-state index in [1.54, 1.807) is 0 Å². The van der Waals surface area contributed by atoms with Gasteiger partial charge in [0.05, 0.1) is 17.3 Å². The van der Waals surface area contributed by atoms with Crippen LogP contribution in [-0.2, 0) is 0 Å². The number of benzene rings is 2. The molecule has 0 atom stereocenters. The van der Waals surface area contributed by atoms with E-state index in [0.717, 1.165) is 22.8 Å². The van der Waals surface area contributed by atoms with Gasteiger partial charge in [0.15, 0.2) is 0 Å². The highest BCUT2D eigenvalue weighted by Gasteiger charge is 2.06. The number of nitrogens with one attached hydrogen (secondary N) is 2. The molecule has 2 aromatic carbocycles. The molecule has 3 rings (SSSR count). The number of para-hydroxylation sites is 1. The molecule has 2 N–H and O–H groups in total. The number of ether oxygens (including phenoxy) is 1. The number of aromatic nitrogens is 2. The highest BCUT2D eigenvalue weighted by Crippen LogP contribution is 2.25.